The lowest BCUT2D eigenvalue weighted by atomic mass is 9.80. The van der Waals surface area contributed by atoms with Crippen LogP contribution in [0.2, 0.25) is 0 Å². The molecule has 27 heavy (non-hydrogen) atoms. The molecule has 0 saturated carbocycles. The number of hydrogen-bond donors (Lipinski definition) is 1. The Balaban J connectivity index is 2.88. The molecule has 1 heterocycles. The first-order chi connectivity index (χ1) is 12.7. The molecule has 0 spiro atoms. The molecule has 0 saturated heterocycles. The molecule has 9 heteroatoms. The second kappa shape index (κ2) is 7.61. The molecular weight excluding hydrogens is 365 g/mol. The van der Waals surface area contributed by atoms with E-state index in [0.29, 0.717) is 0 Å². The summed E-state index contributed by atoms with van der Waals surface area (Å²) in [6.07, 6.45) is -4.76. The Bertz CT molecular complexity index is 866. The van der Waals surface area contributed by atoms with Crippen molar-refractivity contribution in [3.05, 3.63) is 52.1 Å². The molecule has 1 unspecified atom stereocenters. The van der Waals surface area contributed by atoms with Crippen LogP contribution in [0.4, 0.5) is 13.2 Å². The maximum absolute atomic E-state index is 13.7. The number of methoxy groups -OCH3 is 1. The van der Waals surface area contributed by atoms with Gasteiger partial charge in [0, 0.05) is 5.56 Å². The van der Waals surface area contributed by atoms with Crippen molar-refractivity contribution in [2.24, 2.45) is 5.73 Å². The minimum Gasteiger partial charge on any atom is -0.496 e. The molecule has 0 radical (unpaired) electrons. The minimum absolute atomic E-state index is 0.0124. The molecule has 1 aliphatic rings. The van der Waals surface area contributed by atoms with Crippen LogP contribution >= 0.6 is 0 Å². The van der Waals surface area contributed by atoms with Crippen LogP contribution in [0.1, 0.15) is 30.9 Å². The Morgan fingerprint density at radius 3 is 2.59 bits per heavy atom. The fourth-order valence-corrected chi connectivity index (χ4v) is 2.91. The maximum atomic E-state index is 13.7. The molecule has 1 aliphatic heterocycles. The van der Waals surface area contributed by atoms with E-state index in [2.05, 4.69) is 0 Å². The van der Waals surface area contributed by atoms with E-state index >= 15 is 0 Å². The molecule has 2 N–H and O–H groups in total. The van der Waals surface area contributed by atoms with E-state index in [1.165, 1.54) is 26.2 Å². The number of allylic oxidation sites excluding steroid dienone is 2. The number of carbonyl (C=O) groups excluding carboxylic acids is 1. The minimum atomic E-state index is -4.76. The van der Waals surface area contributed by atoms with Crippen LogP contribution in [0.5, 0.6) is 5.75 Å². The number of nitrogens with zero attached hydrogens (tertiary/aromatic N) is 1. The van der Waals surface area contributed by atoms with Gasteiger partial charge in [0.05, 0.1) is 30.8 Å². The fraction of sp³-hybridized carbons (Fsp3) is 0.333. The van der Waals surface area contributed by atoms with Crippen LogP contribution in [0, 0.1) is 11.3 Å². The number of nitriles is 1. The molecule has 0 aromatic heterocycles. The van der Waals surface area contributed by atoms with Crippen molar-refractivity contribution in [3.8, 4) is 11.8 Å². The molecule has 1 aromatic rings. The summed E-state index contributed by atoms with van der Waals surface area (Å²) >= 11 is 0. The second-order valence-corrected chi connectivity index (χ2v) is 5.53. The summed E-state index contributed by atoms with van der Waals surface area (Å²) in [5.74, 6) is -2.93. The van der Waals surface area contributed by atoms with Gasteiger partial charge in [-0.3, -0.25) is 0 Å². The first-order valence-corrected chi connectivity index (χ1v) is 7.86. The van der Waals surface area contributed by atoms with Crippen LogP contribution < -0.4 is 10.5 Å². The number of alkyl halides is 3. The highest BCUT2D eigenvalue weighted by atomic mass is 19.4. The average molecular weight is 382 g/mol. The molecule has 0 amide bonds. The molecule has 6 nitrogen and oxygen atoms in total. The monoisotopic (exact) mass is 382 g/mol. The van der Waals surface area contributed by atoms with E-state index in [1.54, 1.807) is 13.0 Å². The number of benzene rings is 1. The lowest BCUT2D eigenvalue weighted by molar-refractivity contribution is -0.141. The highest BCUT2D eigenvalue weighted by Crippen LogP contribution is 2.48. The van der Waals surface area contributed by atoms with E-state index in [1.807, 2.05) is 0 Å². The quantitative estimate of drug-likeness (QED) is 0.803. The first-order valence-electron chi connectivity index (χ1n) is 7.86. The summed E-state index contributed by atoms with van der Waals surface area (Å²) in [4.78, 5) is 12.5. The zero-order valence-corrected chi connectivity index (χ0v) is 14.8. The smallest absolute Gasteiger partial charge is 0.416 e. The van der Waals surface area contributed by atoms with Crippen LogP contribution in [-0.2, 0) is 20.4 Å². The summed E-state index contributed by atoms with van der Waals surface area (Å²) in [7, 11) is 1.19. The zero-order chi connectivity index (χ0) is 20.4. The lowest BCUT2D eigenvalue weighted by Crippen LogP contribution is -2.27. The molecular formula is C18H17F3N2O4. The Morgan fingerprint density at radius 1 is 1.41 bits per heavy atom. The first kappa shape index (κ1) is 20.2. The predicted molar refractivity (Wildman–Crippen MR) is 88.0 cm³/mol. The number of rotatable bonds is 4. The van der Waals surface area contributed by atoms with Crippen molar-refractivity contribution in [3.63, 3.8) is 0 Å². The van der Waals surface area contributed by atoms with E-state index in [-0.39, 0.29) is 35.1 Å². The number of hydrogen-bond acceptors (Lipinski definition) is 6. The average Bonchev–Trinajstić information content (AvgIpc) is 2.59. The standard InChI is InChI=1S/C18H17F3N2O4/c1-4-26-17(24)13-9(2)27-16(23)10(8-22)14(13)15-11(18(19,20)21)6-5-7-12(15)25-3/h5-7,14H,4,23H2,1-3H3. The Kier molecular flexibility index (Phi) is 5.69. The number of nitrogens with two attached hydrogens (primary N) is 1. The summed E-state index contributed by atoms with van der Waals surface area (Å²) in [5.41, 5.74) is 3.69. The molecule has 1 atom stereocenters. The molecule has 0 bridgehead atoms. The Labute approximate surface area is 153 Å². The topological polar surface area (TPSA) is 94.6 Å². The molecule has 0 aliphatic carbocycles. The third kappa shape index (κ3) is 3.69. The van der Waals surface area contributed by atoms with Crippen molar-refractivity contribution in [2.75, 3.05) is 13.7 Å². The summed E-state index contributed by atoms with van der Waals surface area (Å²) < 4.78 is 56.3. The van der Waals surface area contributed by atoms with Gasteiger partial charge >= 0.3 is 12.1 Å². The maximum Gasteiger partial charge on any atom is 0.416 e. The number of halogens is 3. The van der Waals surface area contributed by atoms with E-state index in [9.17, 15) is 23.2 Å². The van der Waals surface area contributed by atoms with Gasteiger partial charge in [0.15, 0.2) is 0 Å². The normalized spacial score (nSPS) is 17.3. The van der Waals surface area contributed by atoms with E-state index < -0.39 is 29.2 Å². The highest BCUT2D eigenvalue weighted by molar-refractivity contribution is 5.93. The van der Waals surface area contributed by atoms with Gasteiger partial charge in [-0.05, 0) is 26.0 Å². The van der Waals surface area contributed by atoms with Crippen molar-refractivity contribution in [1.29, 1.82) is 5.26 Å². The fourth-order valence-electron chi connectivity index (χ4n) is 2.91. The lowest BCUT2D eigenvalue weighted by Gasteiger charge is -2.29. The van der Waals surface area contributed by atoms with Crippen LogP contribution in [0.3, 0.4) is 0 Å². The Morgan fingerprint density at radius 2 is 2.07 bits per heavy atom. The summed E-state index contributed by atoms with van der Waals surface area (Å²) in [6.45, 7) is 2.90. The third-order valence-electron chi connectivity index (χ3n) is 3.98. The summed E-state index contributed by atoms with van der Waals surface area (Å²) in [6, 6.07) is 5.07. The van der Waals surface area contributed by atoms with Gasteiger partial charge in [-0.1, -0.05) is 6.07 Å². The van der Waals surface area contributed by atoms with Gasteiger partial charge in [0.2, 0.25) is 5.88 Å². The molecule has 1 aromatic carbocycles. The zero-order valence-electron chi connectivity index (χ0n) is 14.8. The van der Waals surface area contributed by atoms with Crippen LogP contribution in [-0.4, -0.2) is 19.7 Å². The van der Waals surface area contributed by atoms with E-state index in [4.69, 9.17) is 19.9 Å². The largest absolute Gasteiger partial charge is 0.496 e. The van der Waals surface area contributed by atoms with Gasteiger partial charge in [0.1, 0.15) is 23.2 Å². The number of carbonyl (C=O) groups is 1. The Hall–Kier alpha value is -3.15. The molecule has 0 fully saturated rings. The van der Waals surface area contributed by atoms with Gasteiger partial charge in [-0.25, -0.2) is 4.79 Å². The van der Waals surface area contributed by atoms with Gasteiger partial charge in [-0.2, -0.15) is 18.4 Å². The number of esters is 1. The third-order valence-corrected chi connectivity index (χ3v) is 3.98. The van der Waals surface area contributed by atoms with Gasteiger partial charge in [0.25, 0.3) is 0 Å². The van der Waals surface area contributed by atoms with Crippen LogP contribution in [0.25, 0.3) is 0 Å². The van der Waals surface area contributed by atoms with Gasteiger partial charge < -0.3 is 19.9 Å². The van der Waals surface area contributed by atoms with Crippen molar-refractivity contribution in [1.82, 2.24) is 0 Å². The van der Waals surface area contributed by atoms with Gasteiger partial charge in [-0.15, -0.1) is 0 Å². The molecule has 144 valence electrons. The van der Waals surface area contributed by atoms with Crippen LogP contribution in [0.15, 0.2) is 41.0 Å². The SMILES string of the molecule is CCOC(=O)C1=C(C)OC(N)=C(C#N)C1c1c(OC)cccc1C(F)(F)F. The van der Waals surface area contributed by atoms with Crippen molar-refractivity contribution < 1.29 is 32.2 Å². The van der Waals surface area contributed by atoms with E-state index in [0.717, 1.165) is 6.07 Å². The van der Waals surface area contributed by atoms with Crippen molar-refractivity contribution >= 4 is 5.97 Å². The predicted octanol–water partition coefficient (Wildman–Crippen LogP) is 3.36. The highest BCUT2D eigenvalue weighted by Gasteiger charge is 2.44. The number of ether oxygens (including phenoxy) is 3. The second-order valence-electron chi connectivity index (χ2n) is 5.53. The van der Waals surface area contributed by atoms with Crippen molar-refractivity contribution in [2.45, 2.75) is 25.9 Å². The summed E-state index contributed by atoms with van der Waals surface area (Å²) in [5, 5.41) is 9.50. The molecule has 2 rings (SSSR count).